The molecule has 2 aromatic rings. The summed E-state index contributed by atoms with van der Waals surface area (Å²) in [5, 5.41) is -0.302. The Kier molecular flexibility index (Phi) is 6.29. The number of ether oxygens (including phenoxy) is 1. The van der Waals surface area contributed by atoms with E-state index < -0.39 is 10.1 Å². The molecule has 0 N–H and O–H groups in total. The van der Waals surface area contributed by atoms with Crippen molar-refractivity contribution in [1.82, 2.24) is 4.90 Å². The Balaban J connectivity index is 1.86. The first kappa shape index (κ1) is 20.9. The van der Waals surface area contributed by atoms with Gasteiger partial charge in [-0.3, -0.25) is 14.5 Å². The molecule has 1 aliphatic rings. The molecule has 0 saturated carbocycles. The molecule has 1 heterocycles. The Morgan fingerprint density at radius 3 is 2.45 bits per heavy atom. The highest BCUT2D eigenvalue weighted by Crippen LogP contribution is 2.35. The molecule has 1 fully saturated rings. The first-order valence-corrected chi connectivity index (χ1v) is 11.0. The van der Waals surface area contributed by atoms with Crippen LogP contribution in [-0.4, -0.2) is 38.1 Å². The van der Waals surface area contributed by atoms with Crippen molar-refractivity contribution in [2.75, 3.05) is 13.7 Å². The number of amides is 2. The van der Waals surface area contributed by atoms with Gasteiger partial charge in [0.25, 0.3) is 11.1 Å². The molecule has 1 saturated heterocycles. The number of carbonyl (C=O) groups is 2. The predicted octanol–water partition coefficient (Wildman–Crippen LogP) is 3.91. The largest absolute Gasteiger partial charge is 0.493 e. The van der Waals surface area contributed by atoms with Gasteiger partial charge in [0.1, 0.15) is 4.90 Å². The fourth-order valence-electron chi connectivity index (χ4n) is 2.66. The van der Waals surface area contributed by atoms with Gasteiger partial charge in [0.2, 0.25) is 0 Å². The van der Waals surface area contributed by atoms with Crippen LogP contribution in [0.1, 0.15) is 18.9 Å². The zero-order chi connectivity index (χ0) is 21.0. The molecule has 2 amide bonds. The Morgan fingerprint density at radius 1 is 1.07 bits per heavy atom. The van der Waals surface area contributed by atoms with Crippen molar-refractivity contribution >= 4 is 39.1 Å². The second-order valence-corrected chi connectivity index (χ2v) is 8.63. The highest BCUT2D eigenvalue weighted by Gasteiger charge is 2.34. The number of hydrogen-bond acceptors (Lipinski definition) is 7. The first-order chi connectivity index (χ1) is 13.9. The second kappa shape index (κ2) is 8.71. The van der Waals surface area contributed by atoms with E-state index in [0.717, 1.165) is 11.8 Å². The van der Waals surface area contributed by atoms with E-state index in [1.165, 1.54) is 30.2 Å². The van der Waals surface area contributed by atoms with Crippen molar-refractivity contribution in [2.24, 2.45) is 0 Å². The van der Waals surface area contributed by atoms with Crippen molar-refractivity contribution in [3.05, 3.63) is 59.0 Å². The van der Waals surface area contributed by atoms with E-state index >= 15 is 0 Å². The summed E-state index contributed by atoms with van der Waals surface area (Å²) in [5.74, 6) is -0.133. The topological polar surface area (TPSA) is 90.0 Å². The summed E-state index contributed by atoms with van der Waals surface area (Å²) in [6, 6.07) is 12.4. The lowest BCUT2D eigenvalue weighted by atomic mass is 10.2. The molecule has 0 bridgehead atoms. The van der Waals surface area contributed by atoms with E-state index in [1.807, 2.05) is 6.92 Å². The Morgan fingerprint density at radius 2 is 1.79 bits per heavy atom. The second-order valence-electron chi connectivity index (χ2n) is 6.09. The van der Waals surface area contributed by atoms with Gasteiger partial charge < -0.3 is 8.92 Å². The SMILES string of the molecule is CCCN1C(=O)S/C(=C\c2ccc(OS(=O)(=O)c3ccccc3)c(OC)c2)C1=O. The normalized spacial score (nSPS) is 15.8. The van der Waals surface area contributed by atoms with Crippen molar-refractivity contribution in [1.29, 1.82) is 0 Å². The molecule has 3 rings (SSSR count). The van der Waals surface area contributed by atoms with Crippen LogP contribution >= 0.6 is 11.8 Å². The van der Waals surface area contributed by atoms with E-state index in [-0.39, 0.29) is 27.5 Å². The minimum absolute atomic E-state index is 0.0209. The highest BCUT2D eigenvalue weighted by molar-refractivity contribution is 8.18. The van der Waals surface area contributed by atoms with Gasteiger partial charge in [-0.2, -0.15) is 8.42 Å². The average molecular weight is 434 g/mol. The van der Waals surface area contributed by atoms with Gasteiger partial charge in [-0.15, -0.1) is 0 Å². The molecule has 0 spiro atoms. The van der Waals surface area contributed by atoms with Crippen LogP contribution in [0.2, 0.25) is 0 Å². The number of methoxy groups -OCH3 is 1. The van der Waals surface area contributed by atoms with E-state index in [0.29, 0.717) is 23.4 Å². The van der Waals surface area contributed by atoms with E-state index in [2.05, 4.69) is 0 Å². The first-order valence-electron chi connectivity index (χ1n) is 8.78. The third-order valence-electron chi connectivity index (χ3n) is 4.04. The number of nitrogens with zero attached hydrogens (tertiary/aromatic N) is 1. The maximum absolute atomic E-state index is 12.4. The number of benzene rings is 2. The van der Waals surface area contributed by atoms with Crippen LogP contribution in [0.25, 0.3) is 6.08 Å². The Bertz CT molecular complexity index is 1060. The van der Waals surface area contributed by atoms with Crippen molar-refractivity contribution in [2.45, 2.75) is 18.2 Å². The highest BCUT2D eigenvalue weighted by atomic mass is 32.2. The minimum atomic E-state index is -4.02. The molecule has 9 heteroatoms. The molecule has 0 unspecified atom stereocenters. The number of hydrogen-bond donors (Lipinski definition) is 0. The maximum Gasteiger partial charge on any atom is 0.339 e. The van der Waals surface area contributed by atoms with E-state index in [9.17, 15) is 18.0 Å². The summed E-state index contributed by atoms with van der Waals surface area (Å²) in [6.45, 7) is 2.26. The zero-order valence-electron chi connectivity index (χ0n) is 15.8. The number of rotatable bonds is 7. The fourth-order valence-corrected chi connectivity index (χ4v) is 4.49. The summed E-state index contributed by atoms with van der Waals surface area (Å²) in [7, 11) is -2.63. The lowest BCUT2D eigenvalue weighted by Gasteiger charge is -2.11. The number of thioether (sulfide) groups is 1. The molecular weight excluding hydrogens is 414 g/mol. The quantitative estimate of drug-likeness (QED) is 0.483. The standard InChI is InChI=1S/C20H19NO6S2/c1-3-11-21-19(22)18(28-20(21)23)13-14-9-10-16(17(12-14)26-2)27-29(24,25)15-7-5-4-6-8-15/h4-10,12-13H,3,11H2,1-2H3/b18-13-. The van der Waals surface area contributed by atoms with Gasteiger partial charge in [-0.1, -0.05) is 31.2 Å². The van der Waals surface area contributed by atoms with Gasteiger partial charge >= 0.3 is 10.1 Å². The molecule has 7 nitrogen and oxygen atoms in total. The molecule has 0 atom stereocenters. The fraction of sp³-hybridized carbons (Fsp3) is 0.200. The summed E-state index contributed by atoms with van der Waals surface area (Å²) >= 11 is 0.872. The van der Waals surface area contributed by atoms with E-state index in [1.54, 1.807) is 36.4 Å². The van der Waals surface area contributed by atoms with Crippen molar-refractivity contribution < 1.29 is 26.9 Å². The molecular formula is C20H19NO6S2. The van der Waals surface area contributed by atoms with Crippen LogP contribution in [0.4, 0.5) is 4.79 Å². The Labute approximate surface area is 173 Å². The number of carbonyl (C=O) groups excluding carboxylic acids is 2. The predicted molar refractivity (Wildman–Crippen MR) is 110 cm³/mol. The van der Waals surface area contributed by atoms with Crippen LogP contribution in [0.3, 0.4) is 0 Å². The monoisotopic (exact) mass is 433 g/mol. The molecule has 152 valence electrons. The smallest absolute Gasteiger partial charge is 0.339 e. The summed E-state index contributed by atoms with van der Waals surface area (Å²) in [5.41, 5.74) is 0.577. The molecule has 1 aliphatic heterocycles. The molecule has 0 aliphatic carbocycles. The van der Waals surface area contributed by atoms with Crippen LogP contribution in [-0.2, 0) is 14.9 Å². The minimum Gasteiger partial charge on any atom is -0.493 e. The number of imide groups is 1. The van der Waals surface area contributed by atoms with Crippen LogP contribution in [0, 0.1) is 0 Å². The third kappa shape index (κ3) is 4.63. The molecule has 2 aromatic carbocycles. The Hall–Kier alpha value is -2.78. The maximum atomic E-state index is 12.4. The summed E-state index contributed by atoms with van der Waals surface area (Å²) in [4.78, 5) is 25.8. The average Bonchev–Trinajstić information content (AvgIpc) is 2.97. The van der Waals surface area contributed by atoms with Gasteiger partial charge in [0.15, 0.2) is 11.5 Å². The molecule has 0 aromatic heterocycles. The lowest BCUT2D eigenvalue weighted by molar-refractivity contribution is -0.122. The summed E-state index contributed by atoms with van der Waals surface area (Å²) in [6.07, 6.45) is 2.25. The molecule has 29 heavy (non-hydrogen) atoms. The summed E-state index contributed by atoms with van der Waals surface area (Å²) < 4.78 is 35.3. The van der Waals surface area contributed by atoms with Crippen molar-refractivity contribution in [3.8, 4) is 11.5 Å². The third-order valence-corrected chi connectivity index (χ3v) is 6.19. The van der Waals surface area contributed by atoms with Gasteiger partial charge in [0.05, 0.1) is 12.0 Å². The van der Waals surface area contributed by atoms with Crippen LogP contribution in [0.15, 0.2) is 58.3 Å². The van der Waals surface area contributed by atoms with Gasteiger partial charge in [0, 0.05) is 6.54 Å². The van der Waals surface area contributed by atoms with Crippen LogP contribution < -0.4 is 8.92 Å². The lowest BCUT2D eigenvalue weighted by Crippen LogP contribution is -2.28. The van der Waals surface area contributed by atoms with Gasteiger partial charge in [-0.25, -0.2) is 0 Å². The van der Waals surface area contributed by atoms with Gasteiger partial charge in [-0.05, 0) is 54.1 Å². The van der Waals surface area contributed by atoms with Crippen molar-refractivity contribution in [3.63, 3.8) is 0 Å². The zero-order valence-corrected chi connectivity index (χ0v) is 17.5. The van der Waals surface area contributed by atoms with Crippen LogP contribution in [0.5, 0.6) is 11.5 Å². The molecule has 0 radical (unpaired) electrons. The van der Waals surface area contributed by atoms with E-state index in [4.69, 9.17) is 8.92 Å².